The van der Waals surface area contributed by atoms with Crippen LogP contribution in [0.1, 0.15) is 29.6 Å². The number of amides is 1. The fourth-order valence-electron chi connectivity index (χ4n) is 3.46. The van der Waals surface area contributed by atoms with Gasteiger partial charge in [0.1, 0.15) is 10.9 Å². The van der Waals surface area contributed by atoms with Gasteiger partial charge in [-0.05, 0) is 44.0 Å². The lowest BCUT2D eigenvalue weighted by Gasteiger charge is -2.22. The first-order chi connectivity index (χ1) is 14.8. The monoisotopic (exact) mass is 468 g/mol. The molecule has 0 saturated carbocycles. The summed E-state index contributed by atoms with van der Waals surface area (Å²) >= 11 is 9.56. The molecular formula is C23H21ClN4OS2. The minimum absolute atomic E-state index is 0.125. The van der Waals surface area contributed by atoms with Crippen LogP contribution in [0.2, 0.25) is 5.02 Å². The molecule has 0 N–H and O–H groups in total. The normalized spacial score (nSPS) is 11.1. The number of rotatable bonds is 5. The summed E-state index contributed by atoms with van der Waals surface area (Å²) in [5.41, 5.74) is 4.50. The molecule has 0 saturated heterocycles. The van der Waals surface area contributed by atoms with Gasteiger partial charge in [-0.2, -0.15) is 0 Å². The van der Waals surface area contributed by atoms with Crippen molar-refractivity contribution >= 4 is 62.3 Å². The zero-order valence-corrected chi connectivity index (χ0v) is 20.0. The van der Waals surface area contributed by atoms with Crippen molar-refractivity contribution in [2.45, 2.75) is 38.5 Å². The van der Waals surface area contributed by atoms with Crippen molar-refractivity contribution < 1.29 is 4.79 Å². The van der Waals surface area contributed by atoms with Crippen molar-refractivity contribution in [2.75, 3.05) is 4.90 Å². The van der Waals surface area contributed by atoms with Gasteiger partial charge in [-0.1, -0.05) is 47.6 Å². The Morgan fingerprint density at radius 2 is 1.90 bits per heavy atom. The maximum Gasteiger partial charge on any atom is 0.230 e. The van der Waals surface area contributed by atoms with Crippen LogP contribution in [-0.2, 0) is 10.5 Å². The molecule has 0 spiro atoms. The summed E-state index contributed by atoms with van der Waals surface area (Å²) in [6.45, 7) is 7.37. The molecule has 0 atom stereocenters. The zero-order chi connectivity index (χ0) is 22.1. The third kappa shape index (κ3) is 4.59. The summed E-state index contributed by atoms with van der Waals surface area (Å²) in [7, 11) is 0. The molecule has 0 radical (unpaired) electrons. The Morgan fingerprint density at radius 1 is 1.13 bits per heavy atom. The fraction of sp³-hybridized carbons (Fsp3) is 0.217. The second-order valence-corrected chi connectivity index (χ2v) is 9.48. The van der Waals surface area contributed by atoms with Gasteiger partial charge >= 0.3 is 0 Å². The average molecular weight is 469 g/mol. The minimum atomic E-state index is -0.125. The number of anilines is 2. The predicted molar refractivity (Wildman–Crippen MR) is 130 cm³/mol. The van der Waals surface area contributed by atoms with Crippen LogP contribution in [-0.4, -0.2) is 20.9 Å². The van der Waals surface area contributed by atoms with Crippen molar-refractivity contribution in [1.82, 2.24) is 15.0 Å². The van der Waals surface area contributed by atoms with Crippen LogP contribution < -0.4 is 4.90 Å². The molecule has 1 amide bonds. The van der Waals surface area contributed by atoms with E-state index in [4.69, 9.17) is 16.6 Å². The van der Waals surface area contributed by atoms with Gasteiger partial charge in [0.15, 0.2) is 5.13 Å². The topological polar surface area (TPSA) is 59.0 Å². The molecule has 4 rings (SSSR count). The number of aryl methyl sites for hydroxylation is 3. The molecule has 0 unspecified atom stereocenters. The van der Waals surface area contributed by atoms with Crippen LogP contribution in [0, 0.1) is 20.8 Å². The maximum absolute atomic E-state index is 12.5. The molecule has 2 heterocycles. The second-order valence-electron chi connectivity index (χ2n) is 7.27. The lowest BCUT2D eigenvalue weighted by molar-refractivity contribution is -0.115. The molecule has 158 valence electrons. The number of benzene rings is 2. The molecule has 0 bridgehead atoms. The lowest BCUT2D eigenvalue weighted by atomic mass is 10.1. The molecule has 31 heavy (non-hydrogen) atoms. The van der Waals surface area contributed by atoms with E-state index in [9.17, 15) is 4.79 Å². The number of halogens is 1. The Labute approximate surface area is 194 Å². The molecule has 5 nitrogen and oxygen atoms in total. The van der Waals surface area contributed by atoms with Crippen LogP contribution in [0.3, 0.4) is 0 Å². The van der Waals surface area contributed by atoms with Gasteiger partial charge in [0.25, 0.3) is 0 Å². The van der Waals surface area contributed by atoms with Crippen molar-refractivity contribution in [3.63, 3.8) is 0 Å². The highest BCUT2D eigenvalue weighted by molar-refractivity contribution is 7.98. The van der Waals surface area contributed by atoms with Crippen LogP contribution in [0.4, 0.5) is 10.8 Å². The van der Waals surface area contributed by atoms with Gasteiger partial charge in [-0.15, -0.1) is 11.3 Å². The number of thiazole rings is 1. The molecule has 0 fully saturated rings. The van der Waals surface area contributed by atoms with Gasteiger partial charge in [-0.25, -0.2) is 15.0 Å². The first-order valence-electron chi connectivity index (χ1n) is 9.71. The van der Waals surface area contributed by atoms with Gasteiger partial charge < -0.3 is 0 Å². The summed E-state index contributed by atoms with van der Waals surface area (Å²) in [4.78, 5) is 28.0. The Hall–Kier alpha value is -2.48. The number of hydrogen-bond acceptors (Lipinski definition) is 6. The molecule has 2 aromatic carbocycles. The third-order valence-corrected chi connectivity index (χ3v) is 6.89. The quantitative estimate of drug-likeness (QED) is 0.242. The SMILES string of the molecule is CC(=O)N(c1nc(CSc2nc(C)nc3ccccc23)cs1)c1c(C)cc(C)cc1Cl. The molecule has 4 aromatic rings. The van der Waals surface area contributed by atoms with Gasteiger partial charge in [-0.3, -0.25) is 9.69 Å². The highest BCUT2D eigenvalue weighted by Gasteiger charge is 2.22. The average Bonchev–Trinajstić information content (AvgIpc) is 3.16. The molecule has 0 aliphatic heterocycles. The van der Waals surface area contributed by atoms with Crippen molar-refractivity contribution in [3.05, 3.63) is 69.4 Å². The summed E-state index contributed by atoms with van der Waals surface area (Å²) in [6, 6.07) is 11.9. The first kappa shape index (κ1) is 21.7. The predicted octanol–water partition coefficient (Wildman–Crippen LogP) is 6.64. The Bertz CT molecular complexity index is 1260. The van der Waals surface area contributed by atoms with E-state index in [0.717, 1.165) is 38.6 Å². The largest absolute Gasteiger partial charge is 0.274 e. The van der Waals surface area contributed by atoms with Crippen LogP contribution in [0.5, 0.6) is 0 Å². The maximum atomic E-state index is 12.5. The van der Waals surface area contributed by atoms with Gasteiger partial charge in [0.05, 0.1) is 21.9 Å². The van der Waals surface area contributed by atoms with Crippen LogP contribution in [0.25, 0.3) is 10.9 Å². The molecule has 0 aliphatic rings. The Morgan fingerprint density at radius 3 is 2.65 bits per heavy atom. The summed E-state index contributed by atoms with van der Waals surface area (Å²) in [5, 5.41) is 5.09. The highest BCUT2D eigenvalue weighted by atomic mass is 35.5. The highest BCUT2D eigenvalue weighted by Crippen LogP contribution is 2.38. The smallest absolute Gasteiger partial charge is 0.230 e. The van der Waals surface area contributed by atoms with E-state index in [1.165, 1.54) is 18.3 Å². The van der Waals surface area contributed by atoms with Gasteiger partial charge in [0.2, 0.25) is 5.91 Å². The van der Waals surface area contributed by atoms with Crippen molar-refractivity contribution in [3.8, 4) is 0 Å². The summed E-state index contributed by atoms with van der Waals surface area (Å²) < 4.78 is 0. The molecule has 0 aliphatic carbocycles. The van der Waals surface area contributed by atoms with Crippen LogP contribution >= 0.6 is 34.7 Å². The lowest BCUT2D eigenvalue weighted by Crippen LogP contribution is -2.24. The van der Waals surface area contributed by atoms with Crippen molar-refractivity contribution in [1.29, 1.82) is 0 Å². The summed E-state index contributed by atoms with van der Waals surface area (Å²) in [6.07, 6.45) is 0. The van der Waals surface area contributed by atoms with E-state index in [2.05, 4.69) is 9.97 Å². The summed E-state index contributed by atoms with van der Waals surface area (Å²) in [5.74, 6) is 1.26. The number of carbonyl (C=O) groups excluding carboxylic acids is 1. The zero-order valence-electron chi connectivity index (χ0n) is 17.6. The van der Waals surface area contributed by atoms with Gasteiger partial charge in [0, 0.05) is 23.4 Å². The number of nitrogens with zero attached hydrogens (tertiary/aromatic N) is 4. The number of para-hydroxylation sites is 1. The molecule has 8 heteroatoms. The second kappa shape index (κ2) is 8.94. The van der Waals surface area contributed by atoms with E-state index in [-0.39, 0.29) is 5.91 Å². The van der Waals surface area contributed by atoms with E-state index < -0.39 is 0 Å². The number of hydrogen-bond donors (Lipinski definition) is 0. The van der Waals surface area contributed by atoms with E-state index in [0.29, 0.717) is 21.6 Å². The van der Waals surface area contributed by atoms with Crippen LogP contribution in [0.15, 0.2) is 46.8 Å². The molecule has 2 aromatic heterocycles. The minimum Gasteiger partial charge on any atom is -0.274 e. The number of thioether (sulfide) groups is 1. The van der Waals surface area contributed by atoms with E-state index in [1.54, 1.807) is 16.7 Å². The standard InChI is InChI=1S/C23H21ClN4OS2/c1-13-9-14(2)21(19(24)10-13)28(16(4)29)23-27-17(12-31-23)11-30-22-18-7-5-6-8-20(18)25-15(3)26-22/h5-10,12H,11H2,1-4H3. The Balaban J connectivity index is 1.62. The number of aromatic nitrogens is 3. The first-order valence-corrected chi connectivity index (χ1v) is 12.0. The Kier molecular flexibility index (Phi) is 6.27. The van der Waals surface area contributed by atoms with E-state index in [1.807, 2.05) is 62.5 Å². The van der Waals surface area contributed by atoms with E-state index >= 15 is 0 Å². The number of carbonyl (C=O) groups is 1. The third-order valence-electron chi connectivity index (χ3n) is 4.70. The number of fused-ring (bicyclic) bond motifs is 1. The fourth-order valence-corrected chi connectivity index (χ4v) is 5.80. The molecular weight excluding hydrogens is 448 g/mol. The van der Waals surface area contributed by atoms with Crippen molar-refractivity contribution in [2.24, 2.45) is 0 Å².